The molecule has 0 spiro atoms. The topological polar surface area (TPSA) is 59.1 Å². The molecular formula is C12H13IN2O2S2. The van der Waals surface area contributed by atoms with Crippen LogP contribution in [0.5, 0.6) is 0 Å². The van der Waals surface area contributed by atoms with Crippen molar-refractivity contribution in [2.24, 2.45) is 0 Å². The first-order valence-corrected chi connectivity index (χ1v) is 9.38. The smallest absolute Gasteiger partial charge is 0.179 e. The van der Waals surface area contributed by atoms with Crippen LogP contribution >= 0.6 is 33.9 Å². The molecule has 0 saturated heterocycles. The highest BCUT2D eigenvalue weighted by atomic mass is 127. The molecule has 0 amide bonds. The lowest BCUT2D eigenvalue weighted by Crippen LogP contribution is -2.10. The summed E-state index contributed by atoms with van der Waals surface area (Å²) in [6, 6.07) is 7.36. The van der Waals surface area contributed by atoms with E-state index in [1.54, 1.807) is 29.7 Å². The van der Waals surface area contributed by atoms with Gasteiger partial charge < -0.3 is 5.32 Å². The van der Waals surface area contributed by atoms with Crippen molar-refractivity contribution in [2.75, 3.05) is 18.1 Å². The summed E-state index contributed by atoms with van der Waals surface area (Å²) < 4.78 is 24.5. The van der Waals surface area contributed by atoms with Gasteiger partial charge in [0.1, 0.15) is 10.7 Å². The molecule has 4 nitrogen and oxygen atoms in total. The summed E-state index contributed by atoms with van der Waals surface area (Å²) in [7, 11) is -3.25. The van der Waals surface area contributed by atoms with Crippen molar-refractivity contribution in [3.05, 3.63) is 38.2 Å². The second-order valence-corrected chi connectivity index (χ2v) is 9.05. The second kappa shape index (κ2) is 6.19. The van der Waals surface area contributed by atoms with Gasteiger partial charge in [-0.3, -0.25) is 0 Å². The quantitative estimate of drug-likeness (QED) is 0.774. The van der Waals surface area contributed by atoms with Crippen LogP contribution in [0.1, 0.15) is 4.88 Å². The summed E-state index contributed by atoms with van der Waals surface area (Å²) in [4.78, 5) is 5.61. The van der Waals surface area contributed by atoms with Crippen LogP contribution in [0.2, 0.25) is 0 Å². The SMILES string of the molecule is CS(=O)(=O)c1cccnc1NCCc1ccc(I)s1. The number of hydrogen-bond acceptors (Lipinski definition) is 5. The normalized spacial score (nSPS) is 11.5. The van der Waals surface area contributed by atoms with E-state index in [2.05, 4.69) is 45.0 Å². The maximum absolute atomic E-state index is 11.6. The van der Waals surface area contributed by atoms with Crippen LogP contribution < -0.4 is 5.32 Å². The lowest BCUT2D eigenvalue weighted by molar-refractivity contribution is 0.602. The highest BCUT2D eigenvalue weighted by molar-refractivity contribution is 14.1. The summed E-state index contributed by atoms with van der Waals surface area (Å²) in [5, 5.41) is 3.09. The molecule has 0 saturated carbocycles. The van der Waals surface area contributed by atoms with E-state index in [4.69, 9.17) is 0 Å². The molecule has 19 heavy (non-hydrogen) atoms. The van der Waals surface area contributed by atoms with Gasteiger partial charge in [0.25, 0.3) is 0 Å². The molecule has 0 aromatic carbocycles. The van der Waals surface area contributed by atoms with Crippen molar-refractivity contribution >= 4 is 49.6 Å². The number of halogens is 1. The predicted octanol–water partition coefficient (Wildman–Crippen LogP) is 2.81. The fourth-order valence-corrected chi connectivity index (χ4v) is 4.17. The van der Waals surface area contributed by atoms with Gasteiger partial charge in [0.15, 0.2) is 9.84 Å². The average molecular weight is 408 g/mol. The van der Waals surface area contributed by atoms with E-state index in [-0.39, 0.29) is 4.90 Å². The van der Waals surface area contributed by atoms with Crippen molar-refractivity contribution < 1.29 is 8.42 Å². The van der Waals surface area contributed by atoms with Gasteiger partial charge in [-0.15, -0.1) is 11.3 Å². The Morgan fingerprint density at radius 1 is 1.37 bits per heavy atom. The number of rotatable bonds is 5. The zero-order valence-corrected chi connectivity index (χ0v) is 14.0. The highest BCUT2D eigenvalue weighted by Gasteiger charge is 2.13. The molecule has 0 bridgehead atoms. The standard InChI is InChI=1S/C12H13IN2O2S2/c1-19(16,17)10-3-2-7-14-12(10)15-8-6-9-4-5-11(13)18-9/h2-5,7H,6,8H2,1H3,(H,14,15). The number of aromatic nitrogens is 1. The Labute approximate surface area is 130 Å². The van der Waals surface area contributed by atoms with Gasteiger partial charge in [-0.1, -0.05) is 0 Å². The van der Waals surface area contributed by atoms with Crippen LogP contribution in [-0.2, 0) is 16.3 Å². The van der Waals surface area contributed by atoms with Gasteiger partial charge in [-0.2, -0.15) is 0 Å². The molecular weight excluding hydrogens is 395 g/mol. The van der Waals surface area contributed by atoms with Crippen molar-refractivity contribution in [3.8, 4) is 0 Å². The van der Waals surface area contributed by atoms with Gasteiger partial charge in [-0.25, -0.2) is 13.4 Å². The predicted molar refractivity (Wildman–Crippen MR) is 86.6 cm³/mol. The van der Waals surface area contributed by atoms with E-state index < -0.39 is 9.84 Å². The summed E-state index contributed by atoms with van der Waals surface area (Å²) in [5.74, 6) is 0.427. The Bertz CT molecular complexity index is 668. The highest BCUT2D eigenvalue weighted by Crippen LogP contribution is 2.20. The van der Waals surface area contributed by atoms with Crippen LogP contribution in [0.25, 0.3) is 0 Å². The summed E-state index contributed by atoms with van der Waals surface area (Å²) in [5.41, 5.74) is 0. The molecule has 2 aromatic rings. The molecule has 0 fully saturated rings. The number of sulfone groups is 1. The van der Waals surface area contributed by atoms with Gasteiger partial charge in [-0.05, 0) is 53.3 Å². The van der Waals surface area contributed by atoms with Crippen LogP contribution in [0, 0.1) is 2.88 Å². The number of nitrogens with zero attached hydrogens (tertiary/aromatic N) is 1. The van der Waals surface area contributed by atoms with E-state index >= 15 is 0 Å². The minimum atomic E-state index is -3.25. The van der Waals surface area contributed by atoms with E-state index in [0.29, 0.717) is 12.4 Å². The van der Waals surface area contributed by atoms with Gasteiger partial charge in [0.2, 0.25) is 0 Å². The molecule has 0 aliphatic rings. The Balaban J connectivity index is 2.04. The van der Waals surface area contributed by atoms with Crippen LogP contribution in [-0.4, -0.2) is 26.2 Å². The van der Waals surface area contributed by atoms with Gasteiger partial charge in [0.05, 0.1) is 2.88 Å². The molecule has 0 aliphatic heterocycles. The maximum atomic E-state index is 11.6. The fourth-order valence-electron chi connectivity index (χ4n) is 1.61. The van der Waals surface area contributed by atoms with Crippen molar-refractivity contribution in [2.45, 2.75) is 11.3 Å². The number of hydrogen-bond donors (Lipinski definition) is 1. The van der Waals surface area contributed by atoms with E-state index in [1.165, 1.54) is 14.0 Å². The van der Waals surface area contributed by atoms with Crippen molar-refractivity contribution in [1.82, 2.24) is 4.98 Å². The molecule has 0 radical (unpaired) electrons. The number of thiophene rings is 1. The Hall–Kier alpha value is -0.670. The maximum Gasteiger partial charge on any atom is 0.179 e. The monoisotopic (exact) mass is 408 g/mol. The third-order valence-electron chi connectivity index (χ3n) is 2.46. The first-order valence-electron chi connectivity index (χ1n) is 5.60. The molecule has 0 aliphatic carbocycles. The minimum absolute atomic E-state index is 0.246. The number of anilines is 1. The molecule has 102 valence electrons. The average Bonchev–Trinajstić information content (AvgIpc) is 2.74. The number of nitrogens with one attached hydrogen (secondary N) is 1. The van der Waals surface area contributed by atoms with E-state index in [0.717, 1.165) is 6.42 Å². The van der Waals surface area contributed by atoms with Crippen LogP contribution in [0.4, 0.5) is 5.82 Å². The van der Waals surface area contributed by atoms with Crippen molar-refractivity contribution in [3.63, 3.8) is 0 Å². The Morgan fingerprint density at radius 2 is 2.16 bits per heavy atom. The Morgan fingerprint density at radius 3 is 2.79 bits per heavy atom. The van der Waals surface area contributed by atoms with Crippen LogP contribution in [0.15, 0.2) is 35.4 Å². The number of pyridine rings is 1. The molecule has 7 heteroatoms. The lowest BCUT2D eigenvalue weighted by Gasteiger charge is -2.08. The molecule has 2 aromatic heterocycles. The first-order chi connectivity index (χ1) is 8.97. The third kappa shape index (κ3) is 4.15. The summed E-state index contributed by atoms with van der Waals surface area (Å²) in [6.45, 7) is 0.663. The largest absolute Gasteiger partial charge is 0.369 e. The van der Waals surface area contributed by atoms with Gasteiger partial charge in [0, 0.05) is 23.9 Å². The molecule has 2 heterocycles. The Kier molecular flexibility index (Phi) is 4.80. The fraction of sp³-hybridized carbons (Fsp3) is 0.250. The second-order valence-electron chi connectivity index (χ2n) is 4.00. The summed E-state index contributed by atoms with van der Waals surface area (Å²) >= 11 is 4.03. The summed E-state index contributed by atoms with van der Waals surface area (Å²) in [6.07, 6.45) is 3.63. The van der Waals surface area contributed by atoms with E-state index in [1.807, 2.05) is 0 Å². The first kappa shape index (κ1) is 14.7. The molecule has 2 rings (SSSR count). The minimum Gasteiger partial charge on any atom is -0.369 e. The van der Waals surface area contributed by atoms with Gasteiger partial charge >= 0.3 is 0 Å². The molecule has 1 N–H and O–H groups in total. The lowest BCUT2D eigenvalue weighted by atomic mass is 10.3. The van der Waals surface area contributed by atoms with E-state index in [9.17, 15) is 8.42 Å². The zero-order valence-electron chi connectivity index (χ0n) is 10.3. The van der Waals surface area contributed by atoms with Crippen molar-refractivity contribution in [1.29, 1.82) is 0 Å². The zero-order chi connectivity index (χ0) is 13.9. The molecule has 0 unspecified atom stereocenters. The molecule has 0 atom stereocenters. The van der Waals surface area contributed by atoms with Crippen LogP contribution in [0.3, 0.4) is 0 Å². The third-order valence-corrected chi connectivity index (χ3v) is 5.54.